The zero-order chi connectivity index (χ0) is 10.1. The molecule has 0 saturated heterocycles. The maximum atomic E-state index is 3.45. The molecular formula is C11H14BrN2+. The fourth-order valence-electron chi connectivity index (χ4n) is 1.76. The van der Waals surface area contributed by atoms with Gasteiger partial charge in [0.2, 0.25) is 5.71 Å². The fraction of sp³-hybridized carbons (Fsp3) is 0.364. The number of hydrazine groups is 1. The van der Waals surface area contributed by atoms with Gasteiger partial charge in [-0.3, -0.25) is 0 Å². The molecule has 1 aliphatic rings. The lowest BCUT2D eigenvalue weighted by Crippen LogP contribution is -2.24. The van der Waals surface area contributed by atoms with E-state index in [-0.39, 0.29) is 0 Å². The highest BCUT2D eigenvalue weighted by Gasteiger charge is 2.24. The maximum absolute atomic E-state index is 3.45. The molecule has 0 spiro atoms. The van der Waals surface area contributed by atoms with Gasteiger partial charge in [-0.25, -0.2) is 0 Å². The molecule has 0 fully saturated rings. The summed E-state index contributed by atoms with van der Waals surface area (Å²) >= 11 is 3.45. The molecule has 1 heterocycles. The van der Waals surface area contributed by atoms with Crippen LogP contribution in [0.15, 0.2) is 28.7 Å². The summed E-state index contributed by atoms with van der Waals surface area (Å²) in [7, 11) is 4.23. The lowest BCUT2D eigenvalue weighted by Gasteiger charge is -2.04. The number of hydrogen-bond acceptors (Lipinski definition) is 1. The van der Waals surface area contributed by atoms with Gasteiger partial charge in [0.05, 0.1) is 20.0 Å². The normalized spacial score (nSPS) is 16.6. The van der Waals surface area contributed by atoms with Crippen molar-refractivity contribution in [3.63, 3.8) is 0 Å². The summed E-state index contributed by atoms with van der Waals surface area (Å²) in [6.07, 6.45) is 1.13. The number of hydrogen-bond donors (Lipinski definition) is 0. The Morgan fingerprint density at radius 2 is 1.93 bits per heavy atom. The van der Waals surface area contributed by atoms with E-state index in [2.05, 4.69) is 64.0 Å². The Labute approximate surface area is 93.0 Å². The molecule has 1 aromatic carbocycles. The van der Waals surface area contributed by atoms with Gasteiger partial charge in [-0.05, 0) is 24.3 Å². The van der Waals surface area contributed by atoms with Crippen molar-refractivity contribution in [2.24, 2.45) is 0 Å². The van der Waals surface area contributed by atoms with Crippen LogP contribution in [0.5, 0.6) is 0 Å². The molecule has 3 heteroatoms. The van der Waals surface area contributed by atoms with Gasteiger partial charge in [0, 0.05) is 10.0 Å². The average Bonchev–Trinajstić information content (AvgIpc) is 2.50. The molecular weight excluding hydrogens is 240 g/mol. The number of hydrazone groups is 1. The Bertz CT molecular complexity index is 367. The molecule has 2 rings (SSSR count). The van der Waals surface area contributed by atoms with E-state index >= 15 is 0 Å². The van der Waals surface area contributed by atoms with Crippen LogP contribution in [0.4, 0.5) is 0 Å². The molecule has 0 bridgehead atoms. The molecule has 0 aromatic heterocycles. The first-order chi connectivity index (χ1) is 6.68. The predicted molar refractivity (Wildman–Crippen MR) is 61.7 cm³/mol. The van der Waals surface area contributed by atoms with Crippen molar-refractivity contribution >= 4 is 21.6 Å². The van der Waals surface area contributed by atoms with Crippen LogP contribution in [0.3, 0.4) is 0 Å². The van der Waals surface area contributed by atoms with Crippen LogP contribution < -0.4 is 0 Å². The minimum atomic E-state index is 1.11. The molecule has 0 radical (unpaired) electrons. The minimum absolute atomic E-state index is 1.11. The molecule has 1 aromatic rings. The van der Waals surface area contributed by atoms with Crippen LogP contribution in [0.25, 0.3) is 0 Å². The highest BCUT2D eigenvalue weighted by atomic mass is 79.9. The lowest BCUT2D eigenvalue weighted by molar-refractivity contribution is -0.651. The second-order valence-corrected chi connectivity index (χ2v) is 4.52. The molecule has 74 valence electrons. The van der Waals surface area contributed by atoms with Crippen molar-refractivity contribution < 1.29 is 4.68 Å². The van der Waals surface area contributed by atoms with Crippen LogP contribution in [-0.2, 0) is 0 Å². The molecule has 2 nitrogen and oxygen atoms in total. The smallest absolute Gasteiger partial charge is 0.189 e. The Morgan fingerprint density at radius 1 is 1.29 bits per heavy atom. The van der Waals surface area contributed by atoms with E-state index in [1.807, 2.05) is 0 Å². The topological polar surface area (TPSA) is 6.25 Å². The molecule has 0 unspecified atom stereocenters. The second-order valence-electron chi connectivity index (χ2n) is 3.61. The van der Waals surface area contributed by atoms with E-state index in [1.54, 1.807) is 0 Å². The van der Waals surface area contributed by atoms with E-state index in [0.717, 1.165) is 17.4 Å². The van der Waals surface area contributed by atoms with E-state index < -0.39 is 0 Å². The summed E-state index contributed by atoms with van der Waals surface area (Å²) < 4.78 is 3.36. The third-order valence-electron chi connectivity index (χ3n) is 2.75. The first kappa shape index (κ1) is 9.71. The summed E-state index contributed by atoms with van der Waals surface area (Å²) in [5.41, 5.74) is 2.72. The van der Waals surface area contributed by atoms with Crippen LogP contribution in [-0.4, -0.2) is 36.0 Å². The van der Waals surface area contributed by atoms with E-state index in [9.17, 15) is 0 Å². The van der Waals surface area contributed by atoms with E-state index in [4.69, 9.17) is 0 Å². The maximum Gasteiger partial charge on any atom is 0.214 e. The highest BCUT2D eigenvalue weighted by Crippen LogP contribution is 2.15. The molecule has 0 saturated carbocycles. The van der Waals surface area contributed by atoms with Gasteiger partial charge < -0.3 is 0 Å². The summed E-state index contributed by atoms with van der Waals surface area (Å²) in [5, 5.41) is 2.23. The summed E-state index contributed by atoms with van der Waals surface area (Å²) in [6, 6.07) is 8.51. The Morgan fingerprint density at radius 3 is 2.43 bits per heavy atom. The second kappa shape index (κ2) is 3.73. The van der Waals surface area contributed by atoms with E-state index in [1.165, 1.54) is 11.3 Å². The molecule has 1 aliphatic heterocycles. The number of benzene rings is 1. The number of rotatable bonds is 1. The SMILES string of the molecule is CN1CCC(c2ccc(Br)cc2)=[N+]1C. The Balaban J connectivity index is 2.36. The van der Waals surface area contributed by atoms with Gasteiger partial charge in [0.1, 0.15) is 0 Å². The van der Waals surface area contributed by atoms with Gasteiger partial charge >= 0.3 is 0 Å². The first-order valence-electron chi connectivity index (χ1n) is 4.75. The molecule has 0 N–H and O–H groups in total. The quantitative estimate of drug-likeness (QED) is 0.696. The molecule has 0 amide bonds. The third-order valence-corrected chi connectivity index (χ3v) is 3.28. The fourth-order valence-corrected chi connectivity index (χ4v) is 2.02. The van der Waals surface area contributed by atoms with Crippen LogP contribution in [0.1, 0.15) is 12.0 Å². The van der Waals surface area contributed by atoms with Gasteiger partial charge in [0.15, 0.2) is 7.05 Å². The van der Waals surface area contributed by atoms with Crippen LogP contribution in [0, 0.1) is 0 Å². The van der Waals surface area contributed by atoms with Gasteiger partial charge in [-0.15, -0.1) is 4.68 Å². The van der Waals surface area contributed by atoms with Crippen molar-refractivity contribution in [3.8, 4) is 0 Å². The first-order valence-corrected chi connectivity index (χ1v) is 5.54. The van der Waals surface area contributed by atoms with Gasteiger partial charge in [-0.2, -0.15) is 5.01 Å². The Kier molecular flexibility index (Phi) is 2.59. The van der Waals surface area contributed by atoms with Crippen LogP contribution in [0.2, 0.25) is 0 Å². The van der Waals surface area contributed by atoms with Crippen molar-refractivity contribution in [1.29, 1.82) is 0 Å². The lowest BCUT2D eigenvalue weighted by atomic mass is 10.1. The summed E-state index contributed by atoms with van der Waals surface area (Å²) in [6.45, 7) is 1.11. The molecule has 0 atom stereocenters. The molecule has 14 heavy (non-hydrogen) atoms. The van der Waals surface area contributed by atoms with Gasteiger partial charge in [0.25, 0.3) is 0 Å². The van der Waals surface area contributed by atoms with E-state index in [0.29, 0.717) is 0 Å². The summed E-state index contributed by atoms with van der Waals surface area (Å²) in [5.74, 6) is 0. The zero-order valence-electron chi connectivity index (χ0n) is 8.50. The van der Waals surface area contributed by atoms with Crippen LogP contribution >= 0.6 is 15.9 Å². The molecule has 0 aliphatic carbocycles. The monoisotopic (exact) mass is 253 g/mol. The van der Waals surface area contributed by atoms with Crippen molar-refractivity contribution in [1.82, 2.24) is 5.01 Å². The van der Waals surface area contributed by atoms with Crippen molar-refractivity contribution in [3.05, 3.63) is 34.3 Å². The predicted octanol–water partition coefficient (Wildman–Crippen LogP) is 2.13. The summed E-state index contributed by atoms with van der Waals surface area (Å²) in [4.78, 5) is 0. The standard InChI is InChI=1S/C11H14BrN2/c1-13-8-7-11(14(13)2)9-3-5-10(12)6-4-9/h3-6H,7-8H2,1-2H3/q+1. The largest absolute Gasteiger partial charge is 0.214 e. The van der Waals surface area contributed by atoms with Gasteiger partial charge in [-0.1, -0.05) is 15.9 Å². The Hall–Kier alpha value is -0.830. The minimum Gasteiger partial charge on any atom is -0.189 e. The highest BCUT2D eigenvalue weighted by molar-refractivity contribution is 9.10. The average molecular weight is 254 g/mol. The number of nitrogens with zero attached hydrogens (tertiary/aromatic N) is 2. The number of halogens is 1. The third kappa shape index (κ3) is 1.69. The van der Waals surface area contributed by atoms with Crippen molar-refractivity contribution in [2.75, 3.05) is 20.6 Å². The van der Waals surface area contributed by atoms with Crippen molar-refractivity contribution in [2.45, 2.75) is 6.42 Å². The zero-order valence-corrected chi connectivity index (χ0v) is 10.1.